The normalized spacial score (nSPS) is 22.2. The maximum atomic E-state index is 12.2. The van der Waals surface area contributed by atoms with Crippen LogP contribution in [0.1, 0.15) is 19.8 Å². The van der Waals surface area contributed by atoms with Crippen LogP contribution in [0.25, 0.3) is 0 Å². The number of hydrogen-bond donors (Lipinski definition) is 0. The zero-order valence-corrected chi connectivity index (χ0v) is 11.5. The third-order valence-corrected chi connectivity index (χ3v) is 3.78. The summed E-state index contributed by atoms with van der Waals surface area (Å²) in [6.07, 6.45) is 3.99. The van der Waals surface area contributed by atoms with Crippen LogP contribution in [0.2, 0.25) is 0 Å². The zero-order valence-electron chi connectivity index (χ0n) is 11.5. The van der Waals surface area contributed by atoms with Gasteiger partial charge in [-0.25, -0.2) is 0 Å². The highest BCUT2D eigenvalue weighted by Gasteiger charge is 2.22. The van der Waals surface area contributed by atoms with Crippen molar-refractivity contribution in [3.8, 4) is 6.07 Å². The van der Waals surface area contributed by atoms with Crippen molar-refractivity contribution in [2.24, 2.45) is 5.92 Å². The minimum atomic E-state index is -0.163. The number of nitriles is 1. The molecule has 0 saturated carbocycles. The van der Waals surface area contributed by atoms with E-state index in [-0.39, 0.29) is 11.5 Å². The average molecular weight is 263 g/mol. The van der Waals surface area contributed by atoms with Gasteiger partial charge in [0.25, 0.3) is 5.91 Å². The molecule has 2 fully saturated rings. The topological polar surface area (TPSA) is 56.6 Å². The molecule has 2 rings (SSSR count). The highest BCUT2D eigenvalue weighted by molar-refractivity contribution is 5.97. The molecule has 2 aliphatic rings. The Hall–Kier alpha value is -1.54. The van der Waals surface area contributed by atoms with Crippen molar-refractivity contribution in [3.05, 3.63) is 11.8 Å². The summed E-state index contributed by atoms with van der Waals surface area (Å²) < 4.78 is 5.22. The first-order valence-electron chi connectivity index (χ1n) is 6.93. The van der Waals surface area contributed by atoms with Crippen LogP contribution in [0.4, 0.5) is 0 Å². The van der Waals surface area contributed by atoms with Crippen LogP contribution in [0.3, 0.4) is 0 Å². The van der Waals surface area contributed by atoms with Gasteiger partial charge in [-0.15, -0.1) is 0 Å². The number of carbonyl (C=O) groups is 1. The Morgan fingerprint density at radius 2 is 1.89 bits per heavy atom. The lowest BCUT2D eigenvalue weighted by molar-refractivity contribution is -0.130. The molecule has 1 amide bonds. The molecule has 0 aromatic heterocycles. The molecule has 19 heavy (non-hydrogen) atoms. The zero-order chi connectivity index (χ0) is 13.7. The van der Waals surface area contributed by atoms with Crippen LogP contribution >= 0.6 is 0 Å². The third-order valence-electron chi connectivity index (χ3n) is 3.78. The number of piperidine rings is 1. The predicted octanol–water partition coefficient (Wildman–Crippen LogP) is 0.985. The second kappa shape index (κ2) is 6.58. The third kappa shape index (κ3) is 3.71. The van der Waals surface area contributed by atoms with Crippen molar-refractivity contribution in [2.75, 3.05) is 39.4 Å². The molecule has 0 aromatic rings. The smallest absolute Gasteiger partial charge is 0.266 e. The lowest BCUT2D eigenvalue weighted by atomic mass is 9.99. The van der Waals surface area contributed by atoms with E-state index in [1.54, 1.807) is 11.1 Å². The van der Waals surface area contributed by atoms with Crippen LogP contribution in [0.15, 0.2) is 11.8 Å². The fourth-order valence-electron chi connectivity index (χ4n) is 2.41. The first-order chi connectivity index (χ1) is 9.20. The van der Waals surface area contributed by atoms with Crippen molar-refractivity contribution in [1.82, 2.24) is 9.80 Å². The van der Waals surface area contributed by atoms with Crippen molar-refractivity contribution in [3.63, 3.8) is 0 Å². The van der Waals surface area contributed by atoms with E-state index in [2.05, 4.69) is 11.8 Å². The maximum Gasteiger partial charge on any atom is 0.266 e. The number of rotatable bonds is 2. The van der Waals surface area contributed by atoms with Crippen LogP contribution in [0.5, 0.6) is 0 Å². The van der Waals surface area contributed by atoms with Crippen molar-refractivity contribution in [2.45, 2.75) is 19.8 Å². The van der Waals surface area contributed by atoms with Crippen molar-refractivity contribution >= 4 is 5.91 Å². The molecule has 2 aliphatic heterocycles. The molecule has 0 N–H and O–H groups in total. The summed E-state index contributed by atoms with van der Waals surface area (Å²) in [6, 6.07) is 2.05. The lowest BCUT2D eigenvalue weighted by Crippen LogP contribution is -2.41. The molecule has 5 heteroatoms. The fraction of sp³-hybridized carbons (Fsp3) is 0.714. The first-order valence-corrected chi connectivity index (χ1v) is 6.93. The number of ether oxygens (including phenoxy) is 1. The van der Waals surface area contributed by atoms with Gasteiger partial charge in [-0.3, -0.25) is 4.79 Å². The van der Waals surface area contributed by atoms with Gasteiger partial charge in [0.05, 0.1) is 13.2 Å². The van der Waals surface area contributed by atoms with E-state index in [1.807, 2.05) is 6.07 Å². The molecule has 0 atom stereocenters. The van der Waals surface area contributed by atoms with E-state index in [0.717, 1.165) is 31.8 Å². The Kier molecular flexibility index (Phi) is 4.80. The molecule has 0 aliphatic carbocycles. The van der Waals surface area contributed by atoms with Gasteiger partial charge >= 0.3 is 0 Å². The van der Waals surface area contributed by atoms with Gasteiger partial charge in [-0.05, 0) is 18.8 Å². The molecule has 0 spiro atoms. The van der Waals surface area contributed by atoms with Gasteiger partial charge in [-0.1, -0.05) is 6.92 Å². The van der Waals surface area contributed by atoms with Gasteiger partial charge in [0.15, 0.2) is 0 Å². The number of hydrogen-bond acceptors (Lipinski definition) is 4. The second-order valence-electron chi connectivity index (χ2n) is 5.28. The largest absolute Gasteiger partial charge is 0.378 e. The van der Waals surface area contributed by atoms with E-state index < -0.39 is 0 Å². The summed E-state index contributed by atoms with van der Waals surface area (Å²) in [6.45, 7) is 6.39. The molecular weight excluding hydrogens is 242 g/mol. The highest BCUT2D eigenvalue weighted by atomic mass is 16.5. The Morgan fingerprint density at radius 3 is 2.47 bits per heavy atom. The molecule has 0 radical (unpaired) electrons. The molecule has 0 aromatic carbocycles. The first kappa shape index (κ1) is 13.9. The van der Waals surface area contributed by atoms with Crippen LogP contribution in [0, 0.1) is 17.2 Å². The monoisotopic (exact) mass is 263 g/mol. The SMILES string of the molecule is CC1CCN(/C=C(/C#N)C(=O)N2CCOCC2)CC1. The molecular formula is C14H21N3O2. The Labute approximate surface area is 114 Å². The average Bonchev–Trinajstić information content (AvgIpc) is 2.47. The Bertz CT molecular complexity index is 386. The van der Waals surface area contributed by atoms with Gasteiger partial charge in [0.2, 0.25) is 0 Å². The van der Waals surface area contributed by atoms with E-state index in [0.29, 0.717) is 26.3 Å². The molecule has 0 bridgehead atoms. The number of likely N-dealkylation sites (tertiary alicyclic amines) is 1. The summed E-state index contributed by atoms with van der Waals surface area (Å²) in [5.41, 5.74) is 0.247. The molecule has 0 unspecified atom stereocenters. The van der Waals surface area contributed by atoms with Gasteiger partial charge in [0, 0.05) is 32.4 Å². The van der Waals surface area contributed by atoms with Crippen LogP contribution in [-0.4, -0.2) is 55.1 Å². The number of amides is 1. The lowest BCUT2D eigenvalue weighted by Gasteiger charge is -2.30. The quantitative estimate of drug-likeness (QED) is 0.550. The molecule has 2 saturated heterocycles. The molecule has 104 valence electrons. The van der Waals surface area contributed by atoms with Crippen LogP contribution in [-0.2, 0) is 9.53 Å². The Morgan fingerprint density at radius 1 is 1.26 bits per heavy atom. The summed E-state index contributed by atoms with van der Waals surface area (Å²) >= 11 is 0. The fourth-order valence-corrected chi connectivity index (χ4v) is 2.41. The van der Waals surface area contributed by atoms with Gasteiger partial charge in [0.1, 0.15) is 11.6 Å². The van der Waals surface area contributed by atoms with Gasteiger partial charge < -0.3 is 14.5 Å². The molecule has 5 nitrogen and oxygen atoms in total. The predicted molar refractivity (Wildman–Crippen MR) is 71.1 cm³/mol. The second-order valence-corrected chi connectivity index (χ2v) is 5.28. The van der Waals surface area contributed by atoms with Crippen molar-refractivity contribution < 1.29 is 9.53 Å². The van der Waals surface area contributed by atoms with Crippen molar-refractivity contribution in [1.29, 1.82) is 5.26 Å². The number of carbonyl (C=O) groups excluding carboxylic acids is 1. The maximum absolute atomic E-state index is 12.2. The summed E-state index contributed by atoms with van der Waals surface area (Å²) in [4.78, 5) is 16.0. The van der Waals surface area contributed by atoms with Gasteiger partial charge in [-0.2, -0.15) is 5.26 Å². The molecule has 2 heterocycles. The minimum absolute atomic E-state index is 0.163. The Balaban J connectivity index is 1.98. The standard InChI is InChI=1S/C14H21N3O2/c1-12-2-4-16(5-3-12)11-13(10-15)14(18)17-6-8-19-9-7-17/h11-12H,2-9H2,1H3/b13-11-. The van der Waals surface area contributed by atoms with E-state index in [4.69, 9.17) is 4.74 Å². The van der Waals surface area contributed by atoms with E-state index in [1.165, 1.54) is 0 Å². The van der Waals surface area contributed by atoms with E-state index >= 15 is 0 Å². The summed E-state index contributed by atoms with van der Waals surface area (Å²) in [7, 11) is 0. The number of morpholine rings is 1. The summed E-state index contributed by atoms with van der Waals surface area (Å²) in [5.74, 6) is 0.578. The number of nitrogens with zero attached hydrogens (tertiary/aromatic N) is 3. The summed E-state index contributed by atoms with van der Waals surface area (Å²) in [5, 5.41) is 9.19. The van der Waals surface area contributed by atoms with Crippen LogP contribution < -0.4 is 0 Å². The highest BCUT2D eigenvalue weighted by Crippen LogP contribution is 2.17. The van der Waals surface area contributed by atoms with E-state index in [9.17, 15) is 10.1 Å². The minimum Gasteiger partial charge on any atom is -0.378 e.